The van der Waals surface area contributed by atoms with Crippen molar-refractivity contribution in [2.45, 2.75) is 45.4 Å². The van der Waals surface area contributed by atoms with E-state index in [9.17, 15) is 0 Å². The predicted molar refractivity (Wildman–Crippen MR) is 247 cm³/mol. The highest BCUT2D eigenvalue weighted by Gasteiger charge is 2.41. The molecule has 0 fully saturated rings. The lowest BCUT2D eigenvalue weighted by Crippen LogP contribution is -2.25. The zero-order valence-electron chi connectivity index (χ0n) is 34.5. The number of anilines is 4. The molecule has 0 saturated heterocycles. The molecule has 1 aliphatic heterocycles. The number of rotatable bonds is 6. The van der Waals surface area contributed by atoms with Gasteiger partial charge in [0.05, 0.1) is 22.4 Å². The summed E-state index contributed by atoms with van der Waals surface area (Å²) in [7, 11) is 0. The molecular formula is C54H45N5O. The second-order valence-corrected chi connectivity index (χ2v) is 17.5. The van der Waals surface area contributed by atoms with Crippen molar-refractivity contribution in [3.05, 3.63) is 187 Å². The highest BCUT2D eigenvalue weighted by atomic mass is 16.5. The van der Waals surface area contributed by atoms with E-state index in [0.29, 0.717) is 6.67 Å². The molecule has 60 heavy (non-hydrogen) atoms. The third kappa shape index (κ3) is 5.62. The molecule has 0 atom stereocenters. The normalized spacial score (nSPS) is 14.1. The molecule has 3 aromatic heterocycles. The largest absolute Gasteiger partial charge is 0.457 e. The smallest absolute Gasteiger partial charge is 0.158 e. The van der Waals surface area contributed by atoms with E-state index in [0.717, 1.165) is 50.9 Å². The van der Waals surface area contributed by atoms with Gasteiger partial charge in [0.15, 0.2) is 5.82 Å². The van der Waals surface area contributed by atoms with E-state index in [-0.39, 0.29) is 10.8 Å². The molecule has 9 aromatic rings. The van der Waals surface area contributed by atoms with E-state index in [1.54, 1.807) is 0 Å². The van der Waals surface area contributed by atoms with Gasteiger partial charge in [0.1, 0.15) is 24.0 Å². The summed E-state index contributed by atoms with van der Waals surface area (Å²) in [4.78, 5) is 14.7. The molecule has 0 unspecified atom stereocenters. The first kappa shape index (κ1) is 35.9. The summed E-state index contributed by atoms with van der Waals surface area (Å²) in [5.41, 5.74) is 14.2. The van der Waals surface area contributed by atoms with E-state index in [1.165, 1.54) is 50.0 Å². The Balaban J connectivity index is 0.994. The standard InChI is InChI=1S/C54H45N5O/c1-53(2,3)36-28-30-55-49(31-36)59-46-22-12-10-19-41(46)42-25-24-39(33-48(42)59)60-38-18-13-17-37(32-38)57-34-58(47-23-14-29-56-52(47)57)51-40(35-15-7-6-8-16-35)26-27-45-50(51)43-20-9-11-21-44(43)54(45,4)5/h6-33H,34H2,1-5H3. The van der Waals surface area contributed by atoms with Crippen molar-refractivity contribution in [3.8, 4) is 39.6 Å². The highest BCUT2D eigenvalue weighted by molar-refractivity contribution is 6.09. The second kappa shape index (κ2) is 13.4. The highest BCUT2D eigenvalue weighted by Crippen LogP contribution is 2.57. The average Bonchev–Trinajstić information content (AvgIpc) is 3.89. The number of nitrogens with zero attached hydrogens (tertiary/aromatic N) is 5. The van der Waals surface area contributed by atoms with E-state index in [2.05, 4.69) is 195 Å². The van der Waals surface area contributed by atoms with Gasteiger partial charge >= 0.3 is 0 Å². The van der Waals surface area contributed by atoms with Gasteiger partial charge in [-0.2, -0.15) is 0 Å². The Morgan fingerprint density at radius 1 is 0.583 bits per heavy atom. The number of ether oxygens (including phenoxy) is 1. The van der Waals surface area contributed by atoms with E-state index in [1.807, 2.05) is 24.5 Å². The van der Waals surface area contributed by atoms with Crippen molar-refractivity contribution in [2.24, 2.45) is 0 Å². The van der Waals surface area contributed by atoms with Gasteiger partial charge in [-0.15, -0.1) is 0 Å². The molecule has 0 amide bonds. The van der Waals surface area contributed by atoms with Crippen molar-refractivity contribution in [3.63, 3.8) is 0 Å². The number of para-hydroxylation sites is 1. The maximum Gasteiger partial charge on any atom is 0.158 e. The summed E-state index contributed by atoms with van der Waals surface area (Å²) >= 11 is 0. The molecule has 0 radical (unpaired) electrons. The van der Waals surface area contributed by atoms with Gasteiger partial charge in [0, 0.05) is 57.5 Å². The fourth-order valence-corrected chi connectivity index (χ4v) is 9.51. The van der Waals surface area contributed by atoms with Crippen molar-refractivity contribution < 1.29 is 4.74 Å². The zero-order chi connectivity index (χ0) is 40.8. The molecule has 11 rings (SSSR count). The number of pyridine rings is 2. The minimum atomic E-state index is -0.136. The SMILES string of the molecule is CC(C)(C)c1ccnc(-n2c3ccccc3c3ccc(Oc4cccc(N5CN(c6c(-c7ccccc7)ccc7c6-c6ccccc6C7(C)C)c6cccnc65)c4)cc32)c1. The lowest BCUT2D eigenvalue weighted by molar-refractivity contribution is 0.483. The first-order chi connectivity index (χ1) is 29.1. The average molecular weight is 780 g/mol. The summed E-state index contributed by atoms with van der Waals surface area (Å²) in [6.07, 6.45) is 3.81. The zero-order valence-corrected chi connectivity index (χ0v) is 34.5. The van der Waals surface area contributed by atoms with Crippen LogP contribution in [0.2, 0.25) is 0 Å². The summed E-state index contributed by atoms with van der Waals surface area (Å²) in [6, 6.07) is 56.2. The first-order valence-corrected chi connectivity index (χ1v) is 20.8. The van der Waals surface area contributed by atoms with Crippen molar-refractivity contribution in [2.75, 3.05) is 16.5 Å². The Morgan fingerprint density at radius 2 is 1.37 bits per heavy atom. The van der Waals surface area contributed by atoms with Crippen LogP contribution in [-0.2, 0) is 10.8 Å². The Bertz CT molecular complexity index is 3140. The molecule has 4 heterocycles. The summed E-state index contributed by atoms with van der Waals surface area (Å²) in [6.45, 7) is 12.0. The van der Waals surface area contributed by atoms with Crippen LogP contribution in [0.5, 0.6) is 11.5 Å². The quantitative estimate of drug-likeness (QED) is 0.168. The third-order valence-corrected chi connectivity index (χ3v) is 12.5. The lowest BCUT2D eigenvalue weighted by Gasteiger charge is -2.28. The van der Waals surface area contributed by atoms with E-state index < -0.39 is 0 Å². The first-order valence-electron chi connectivity index (χ1n) is 20.8. The molecule has 0 spiro atoms. The number of aromatic nitrogens is 3. The van der Waals surface area contributed by atoms with Gasteiger partial charge in [0.2, 0.25) is 0 Å². The molecule has 1 aliphatic carbocycles. The molecular weight excluding hydrogens is 735 g/mol. The van der Waals surface area contributed by atoms with Gasteiger partial charge in [-0.1, -0.05) is 126 Å². The minimum absolute atomic E-state index is 0.00814. The summed E-state index contributed by atoms with van der Waals surface area (Å²) < 4.78 is 9.01. The van der Waals surface area contributed by atoms with Crippen LogP contribution in [0.3, 0.4) is 0 Å². The van der Waals surface area contributed by atoms with Crippen molar-refractivity contribution >= 4 is 44.7 Å². The van der Waals surface area contributed by atoms with E-state index >= 15 is 0 Å². The number of fused-ring (bicyclic) bond motifs is 7. The molecule has 6 nitrogen and oxygen atoms in total. The van der Waals surface area contributed by atoms with Crippen molar-refractivity contribution in [1.82, 2.24) is 14.5 Å². The monoisotopic (exact) mass is 779 g/mol. The van der Waals surface area contributed by atoms with Crippen LogP contribution in [0, 0.1) is 0 Å². The van der Waals surface area contributed by atoms with Crippen LogP contribution in [0.4, 0.5) is 22.9 Å². The molecule has 2 aliphatic rings. The van der Waals surface area contributed by atoms with Crippen LogP contribution in [0.15, 0.2) is 170 Å². The summed E-state index contributed by atoms with van der Waals surface area (Å²) in [5, 5.41) is 2.34. The molecule has 0 saturated carbocycles. The van der Waals surface area contributed by atoms with E-state index in [4.69, 9.17) is 14.7 Å². The topological polar surface area (TPSA) is 46.4 Å². The maximum absolute atomic E-state index is 6.76. The van der Waals surface area contributed by atoms with Crippen LogP contribution < -0.4 is 14.5 Å². The number of hydrogen-bond acceptors (Lipinski definition) is 5. The fourth-order valence-electron chi connectivity index (χ4n) is 9.51. The maximum atomic E-state index is 6.76. The number of hydrogen-bond donors (Lipinski definition) is 0. The van der Waals surface area contributed by atoms with Gasteiger partial charge in [-0.3, -0.25) is 4.57 Å². The molecule has 0 bridgehead atoms. The molecule has 6 heteroatoms. The van der Waals surface area contributed by atoms with Gasteiger partial charge in [-0.25, -0.2) is 9.97 Å². The van der Waals surface area contributed by atoms with Gasteiger partial charge in [-0.05, 0) is 87.8 Å². The molecule has 6 aromatic carbocycles. The predicted octanol–water partition coefficient (Wildman–Crippen LogP) is 13.9. The molecule has 292 valence electrons. The fraction of sp³-hybridized carbons (Fsp3) is 0.148. The number of benzene rings is 6. The molecule has 0 N–H and O–H groups in total. The van der Waals surface area contributed by atoms with Gasteiger partial charge in [0.25, 0.3) is 0 Å². The van der Waals surface area contributed by atoms with Crippen molar-refractivity contribution in [1.29, 1.82) is 0 Å². The van der Waals surface area contributed by atoms with Crippen LogP contribution in [0.25, 0.3) is 49.9 Å². The lowest BCUT2D eigenvalue weighted by atomic mass is 9.82. The Hall–Kier alpha value is -7.18. The van der Waals surface area contributed by atoms with Crippen LogP contribution in [0.1, 0.15) is 51.3 Å². The Labute approximate surface area is 351 Å². The third-order valence-electron chi connectivity index (χ3n) is 12.5. The van der Waals surface area contributed by atoms with Gasteiger partial charge < -0.3 is 14.5 Å². The second-order valence-electron chi connectivity index (χ2n) is 17.5. The van der Waals surface area contributed by atoms with Crippen LogP contribution in [-0.4, -0.2) is 21.2 Å². The Kier molecular flexibility index (Phi) is 8.05. The van der Waals surface area contributed by atoms with Crippen LogP contribution >= 0.6 is 0 Å². The Morgan fingerprint density at radius 3 is 2.23 bits per heavy atom. The minimum Gasteiger partial charge on any atom is -0.457 e. The summed E-state index contributed by atoms with van der Waals surface area (Å²) in [5.74, 6) is 3.31.